The number of hydrogen-bond donors (Lipinski definition) is 3. The molecule has 2 heterocycles. The van der Waals surface area contributed by atoms with Crippen molar-refractivity contribution in [2.75, 3.05) is 13.1 Å². The van der Waals surface area contributed by atoms with Crippen molar-refractivity contribution in [1.29, 1.82) is 5.26 Å². The SMILES string of the molecule is Cl.N#Cc1cc(F)c(F)cc1[C@@]1(NC(=O)[C@@H](N)Cc2cccs2)CCNC1. The molecule has 1 fully saturated rings. The van der Waals surface area contributed by atoms with Crippen LogP contribution in [0.4, 0.5) is 8.78 Å². The number of amides is 1. The van der Waals surface area contributed by atoms with E-state index in [0.29, 0.717) is 25.9 Å². The zero-order valence-electron chi connectivity index (χ0n) is 14.3. The monoisotopic (exact) mass is 412 g/mol. The Morgan fingerprint density at radius 1 is 1.44 bits per heavy atom. The molecule has 9 heteroatoms. The highest BCUT2D eigenvalue weighted by Gasteiger charge is 2.40. The lowest BCUT2D eigenvalue weighted by molar-refractivity contribution is -0.124. The highest BCUT2D eigenvalue weighted by Crippen LogP contribution is 2.32. The van der Waals surface area contributed by atoms with Gasteiger partial charge in [0.15, 0.2) is 11.6 Å². The Hall–Kier alpha value is -2.05. The minimum absolute atomic E-state index is 0. The smallest absolute Gasteiger partial charge is 0.238 e. The average Bonchev–Trinajstić information content (AvgIpc) is 3.29. The maximum atomic E-state index is 13.8. The summed E-state index contributed by atoms with van der Waals surface area (Å²) in [5, 5.41) is 17.2. The molecule has 144 valence electrons. The van der Waals surface area contributed by atoms with Gasteiger partial charge in [-0.05, 0) is 42.1 Å². The molecule has 2 atom stereocenters. The van der Waals surface area contributed by atoms with Crippen molar-refractivity contribution in [3.8, 4) is 6.07 Å². The molecule has 5 nitrogen and oxygen atoms in total. The number of nitrogens with two attached hydrogens (primary N) is 1. The molecule has 0 unspecified atom stereocenters. The van der Waals surface area contributed by atoms with Crippen molar-refractivity contribution >= 4 is 29.7 Å². The lowest BCUT2D eigenvalue weighted by Crippen LogP contribution is -2.53. The fraction of sp³-hybridized carbons (Fsp3) is 0.333. The lowest BCUT2D eigenvalue weighted by Gasteiger charge is -2.32. The van der Waals surface area contributed by atoms with Gasteiger partial charge < -0.3 is 16.4 Å². The van der Waals surface area contributed by atoms with Crippen molar-refractivity contribution in [1.82, 2.24) is 10.6 Å². The van der Waals surface area contributed by atoms with Crippen LogP contribution in [-0.4, -0.2) is 25.0 Å². The van der Waals surface area contributed by atoms with E-state index in [9.17, 15) is 18.8 Å². The van der Waals surface area contributed by atoms with E-state index in [1.54, 1.807) is 0 Å². The topological polar surface area (TPSA) is 90.9 Å². The van der Waals surface area contributed by atoms with E-state index in [0.717, 1.165) is 17.0 Å². The Morgan fingerprint density at radius 3 is 2.78 bits per heavy atom. The molecule has 0 saturated carbocycles. The van der Waals surface area contributed by atoms with Crippen LogP contribution in [0.3, 0.4) is 0 Å². The number of nitrogens with zero attached hydrogens (tertiary/aromatic N) is 1. The van der Waals surface area contributed by atoms with E-state index in [1.165, 1.54) is 11.3 Å². The highest BCUT2D eigenvalue weighted by atomic mass is 35.5. The number of carbonyl (C=O) groups excluding carboxylic acids is 1. The number of hydrogen-bond acceptors (Lipinski definition) is 5. The summed E-state index contributed by atoms with van der Waals surface area (Å²) in [6.45, 7) is 0.883. The molecule has 1 aliphatic rings. The quantitative estimate of drug-likeness (QED) is 0.702. The van der Waals surface area contributed by atoms with Crippen LogP contribution >= 0.6 is 23.7 Å². The number of thiophene rings is 1. The van der Waals surface area contributed by atoms with Gasteiger partial charge in [-0.25, -0.2) is 8.78 Å². The molecule has 2 aromatic rings. The Kier molecular flexibility index (Phi) is 6.89. The molecule has 27 heavy (non-hydrogen) atoms. The summed E-state index contributed by atoms with van der Waals surface area (Å²) in [5.41, 5.74) is 5.29. The minimum Gasteiger partial charge on any atom is -0.344 e. The average molecular weight is 413 g/mol. The predicted octanol–water partition coefficient (Wildman–Crippen LogP) is 2.19. The first-order chi connectivity index (χ1) is 12.4. The van der Waals surface area contributed by atoms with E-state index >= 15 is 0 Å². The first kappa shape index (κ1) is 21.3. The predicted molar refractivity (Wildman–Crippen MR) is 102 cm³/mol. The Balaban J connectivity index is 0.00000261. The number of carbonyl (C=O) groups is 1. The third-order valence-electron chi connectivity index (χ3n) is 4.55. The van der Waals surface area contributed by atoms with Crippen LogP contribution in [0.25, 0.3) is 0 Å². The molecule has 0 aliphatic carbocycles. The number of halogens is 3. The fourth-order valence-corrected chi connectivity index (χ4v) is 3.96. The van der Waals surface area contributed by atoms with E-state index in [-0.39, 0.29) is 23.5 Å². The maximum absolute atomic E-state index is 13.8. The summed E-state index contributed by atoms with van der Waals surface area (Å²) in [6.07, 6.45) is 0.833. The van der Waals surface area contributed by atoms with Crippen LogP contribution in [0.5, 0.6) is 0 Å². The molecule has 3 rings (SSSR count). The molecule has 1 aliphatic heterocycles. The summed E-state index contributed by atoms with van der Waals surface area (Å²) >= 11 is 1.51. The van der Waals surface area contributed by atoms with Gasteiger partial charge in [0.1, 0.15) is 0 Å². The molecule has 4 N–H and O–H groups in total. The molecular weight excluding hydrogens is 394 g/mol. The van der Waals surface area contributed by atoms with Crippen molar-refractivity contribution in [3.05, 3.63) is 57.3 Å². The number of nitriles is 1. The summed E-state index contributed by atoms with van der Waals surface area (Å²) in [6, 6.07) is 6.75. The van der Waals surface area contributed by atoms with Gasteiger partial charge >= 0.3 is 0 Å². The van der Waals surface area contributed by atoms with E-state index < -0.39 is 29.1 Å². The molecule has 1 amide bonds. The van der Waals surface area contributed by atoms with Crippen LogP contribution in [0.2, 0.25) is 0 Å². The molecular formula is C18H19ClF2N4OS. The normalized spacial score (nSPS) is 19.8. The molecule has 1 saturated heterocycles. The standard InChI is InChI=1S/C18H18F2N4OS.ClH/c19-14-6-11(9-21)13(8-15(14)20)18(3-4-23-10-18)24-17(25)16(22)7-12-2-1-5-26-12;/h1-2,5-6,8,16,23H,3-4,7,10,22H2,(H,24,25);1H/t16-,18+;/m0./s1. The Labute approximate surface area is 166 Å². The highest BCUT2D eigenvalue weighted by molar-refractivity contribution is 7.09. The second-order valence-electron chi connectivity index (χ2n) is 6.31. The molecule has 0 radical (unpaired) electrons. The summed E-state index contributed by atoms with van der Waals surface area (Å²) in [5.74, 6) is -2.54. The van der Waals surface area contributed by atoms with Gasteiger partial charge in [0.2, 0.25) is 5.91 Å². The summed E-state index contributed by atoms with van der Waals surface area (Å²) in [4.78, 5) is 13.6. The fourth-order valence-electron chi connectivity index (χ4n) is 3.20. The van der Waals surface area contributed by atoms with Gasteiger partial charge in [-0.3, -0.25) is 4.79 Å². The molecule has 1 aromatic heterocycles. The number of nitrogens with one attached hydrogen (secondary N) is 2. The van der Waals surface area contributed by atoms with Gasteiger partial charge in [-0.15, -0.1) is 23.7 Å². The molecule has 0 bridgehead atoms. The zero-order chi connectivity index (χ0) is 18.7. The number of benzene rings is 1. The van der Waals surface area contributed by atoms with Crippen molar-refractivity contribution in [3.63, 3.8) is 0 Å². The van der Waals surface area contributed by atoms with Crippen LogP contribution in [0.15, 0.2) is 29.6 Å². The third-order valence-corrected chi connectivity index (χ3v) is 5.45. The first-order valence-corrected chi connectivity index (χ1v) is 9.03. The van der Waals surface area contributed by atoms with Gasteiger partial charge in [0.05, 0.1) is 23.2 Å². The number of rotatable bonds is 5. The second kappa shape index (κ2) is 8.76. The van der Waals surface area contributed by atoms with Crippen LogP contribution < -0.4 is 16.4 Å². The van der Waals surface area contributed by atoms with Crippen molar-refractivity contribution in [2.45, 2.75) is 24.4 Å². The Bertz CT molecular complexity index is 848. The van der Waals surface area contributed by atoms with Crippen molar-refractivity contribution in [2.24, 2.45) is 5.73 Å². The van der Waals surface area contributed by atoms with Crippen LogP contribution in [0, 0.1) is 23.0 Å². The van der Waals surface area contributed by atoms with Gasteiger partial charge in [-0.2, -0.15) is 5.26 Å². The van der Waals surface area contributed by atoms with Gasteiger partial charge in [0, 0.05) is 17.8 Å². The summed E-state index contributed by atoms with van der Waals surface area (Å²) in [7, 11) is 0. The second-order valence-corrected chi connectivity index (χ2v) is 7.34. The van der Waals surface area contributed by atoms with E-state index in [1.807, 2.05) is 23.6 Å². The molecule has 0 spiro atoms. The maximum Gasteiger partial charge on any atom is 0.238 e. The Morgan fingerprint density at radius 2 is 2.19 bits per heavy atom. The first-order valence-electron chi connectivity index (χ1n) is 8.15. The largest absolute Gasteiger partial charge is 0.344 e. The van der Waals surface area contributed by atoms with Gasteiger partial charge in [0.25, 0.3) is 0 Å². The zero-order valence-corrected chi connectivity index (χ0v) is 15.9. The van der Waals surface area contributed by atoms with Crippen LogP contribution in [-0.2, 0) is 16.8 Å². The summed E-state index contributed by atoms with van der Waals surface area (Å²) < 4.78 is 27.3. The minimum atomic E-state index is -1.09. The van der Waals surface area contributed by atoms with E-state index in [2.05, 4.69) is 10.6 Å². The van der Waals surface area contributed by atoms with E-state index in [4.69, 9.17) is 5.73 Å². The van der Waals surface area contributed by atoms with Crippen LogP contribution in [0.1, 0.15) is 22.4 Å². The third kappa shape index (κ3) is 4.45. The molecule has 1 aromatic carbocycles. The van der Waals surface area contributed by atoms with Crippen molar-refractivity contribution < 1.29 is 13.6 Å². The van der Waals surface area contributed by atoms with Gasteiger partial charge in [-0.1, -0.05) is 6.07 Å². The lowest BCUT2D eigenvalue weighted by atomic mass is 9.85.